The molecular weight excluding hydrogens is 316 g/mol. The lowest BCUT2D eigenvalue weighted by atomic mass is 9.75. The van der Waals surface area contributed by atoms with E-state index in [-0.39, 0.29) is 11.8 Å². The van der Waals surface area contributed by atoms with Gasteiger partial charge >= 0.3 is 0 Å². The van der Waals surface area contributed by atoms with Crippen molar-refractivity contribution in [2.75, 3.05) is 40.8 Å². The average molecular weight is 346 g/mol. The molecule has 138 valence electrons. The first kappa shape index (κ1) is 18.1. The van der Waals surface area contributed by atoms with Crippen molar-refractivity contribution in [3.05, 3.63) is 24.5 Å². The third-order valence-electron chi connectivity index (χ3n) is 5.44. The highest BCUT2D eigenvalue weighted by atomic mass is 16.2. The zero-order valence-corrected chi connectivity index (χ0v) is 15.6. The smallest absolute Gasteiger partial charge is 0.227 e. The molecule has 3 fully saturated rings. The molecule has 0 aromatic carbocycles. The van der Waals surface area contributed by atoms with E-state index in [1.54, 1.807) is 11.0 Å². The Morgan fingerprint density at radius 2 is 2.24 bits per heavy atom. The van der Waals surface area contributed by atoms with Crippen LogP contribution >= 0.6 is 0 Å². The summed E-state index contributed by atoms with van der Waals surface area (Å²) in [6.45, 7) is 7.98. The van der Waals surface area contributed by atoms with Gasteiger partial charge < -0.3 is 9.80 Å². The summed E-state index contributed by atoms with van der Waals surface area (Å²) < 4.78 is 1.96. The fourth-order valence-corrected chi connectivity index (χ4v) is 4.21. The molecule has 4 rings (SSSR count). The maximum absolute atomic E-state index is 12.7. The van der Waals surface area contributed by atoms with Gasteiger partial charge in [0.2, 0.25) is 5.91 Å². The molecule has 7 nitrogen and oxygen atoms in total. The molecule has 25 heavy (non-hydrogen) atoms. The van der Waals surface area contributed by atoms with Gasteiger partial charge in [-0.3, -0.25) is 14.4 Å². The van der Waals surface area contributed by atoms with E-state index < -0.39 is 0 Å². The molecule has 3 aliphatic rings. The Morgan fingerprint density at radius 1 is 1.44 bits per heavy atom. The number of nitrogens with zero attached hydrogens (tertiary/aromatic N) is 6. The van der Waals surface area contributed by atoms with Crippen LogP contribution in [-0.4, -0.2) is 82.4 Å². The van der Waals surface area contributed by atoms with Crippen LogP contribution in [0.5, 0.6) is 0 Å². The van der Waals surface area contributed by atoms with E-state index in [9.17, 15) is 4.79 Å². The van der Waals surface area contributed by atoms with Crippen LogP contribution in [0, 0.1) is 11.8 Å². The van der Waals surface area contributed by atoms with Gasteiger partial charge in [0.05, 0.1) is 18.2 Å². The third kappa shape index (κ3) is 4.10. The maximum atomic E-state index is 12.7. The molecule has 0 radical (unpaired) electrons. The summed E-state index contributed by atoms with van der Waals surface area (Å²) >= 11 is 0. The third-order valence-corrected chi connectivity index (χ3v) is 5.44. The molecule has 0 saturated carbocycles. The Hall–Kier alpha value is -1.73. The van der Waals surface area contributed by atoms with E-state index in [1.807, 2.05) is 32.0 Å². The predicted molar refractivity (Wildman–Crippen MR) is 96.8 cm³/mol. The number of aromatic nitrogens is 3. The summed E-state index contributed by atoms with van der Waals surface area (Å²) in [7, 11) is 5.94. The van der Waals surface area contributed by atoms with E-state index in [0.717, 1.165) is 44.7 Å². The molecule has 0 N–H and O–H groups in total. The van der Waals surface area contributed by atoms with Gasteiger partial charge in [-0.25, -0.2) is 0 Å². The van der Waals surface area contributed by atoms with E-state index in [4.69, 9.17) is 0 Å². The SMILES string of the molecule is C=CCN(C)C(=O)[C@H]1CN2CC[C@@H]1C[C@@H]2Cn1cc(CN(C)C)nn1. The Bertz CT molecular complexity index is 612. The van der Waals surface area contributed by atoms with Crippen LogP contribution < -0.4 is 0 Å². The molecule has 0 aliphatic carbocycles. The van der Waals surface area contributed by atoms with Gasteiger partial charge in [0.15, 0.2) is 0 Å². The highest BCUT2D eigenvalue weighted by Crippen LogP contribution is 2.37. The number of carbonyl (C=O) groups excluding carboxylic acids is 1. The van der Waals surface area contributed by atoms with E-state index >= 15 is 0 Å². The van der Waals surface area contributed by atoms with Crippen LogP contribution in [-0.2, 0) is 17.9 Å². The minimum absolute atomic E-state index is 0.134. The normalized spacial score (nSPS) is 28.3. The van der Waals surface area contributed by atoms with Crippen molar-refractivity contribution in [3.63, 3.8) is 0 Å². The lowest BCUT2D eigenvalue weighted by molar-refractivity contribution is -0.142. The highest BCUT2D eigenvalue weighted by Gasteiger charge is 2.43. The summed E-state index contributed by atoms with van der Waals surface area (Å²) in [6, 6.07) is 0.460. The van der Waals surface area contributed by atoms with Crippen molar-refractivity contribution in [1.82, 2.24) is 29.7 Å². The van der Waals surface area contributed by atoms with Gasteiger partial charge in [0.25, 0.3) is 0 Å². The number of carbonyl (C=O) groups is 1. The molecule has 1 aromatic rings. The van der Waals surface area contributed by atoms with Crippen molar-refractivity contribution in [3.8, 4) is 0 Å². The molecule has 4 heterocycles. The molecule has 1 unspecified atom stereocenters. The maximum Gasteiger partial charge on any atom is 0.227 e. The largest absolute Gasteiger partial charge is 0.342 e. The fourth-order valence-electron chi connectivity index (χ4n) is 4.21. The topological polar surface area (TPSA) is 57.5 Å². The van der Waals surface area contributed by atoms with Gasteiger partial charge in [-0.2, -0.15) is 0 Å². The van der Waals surface area contributed by atoms with Crippen LogP contribution in [0.4, 0.5) is 0 Å². The Balaban J connectivity index is 1.59. The number of hydrogen-bond acceptors (Lipinski definition) is 5. The highest BCUT2D eigenvalue weighted by molar-refractivity contribution is 5.79. The van der Waals surface area contributed by atoms with Gasteiger partial charge in [-0.1, -0.05) is 11.3 Å². The van der Waals surface area contributed by atoms with Crippen molar-refractivity contribution < 1.29 is 4.79 Å². The Morgan fingerprint density at radius 3 is 2.88 bits per heavy atom. The molecule has 0 spiro atoms. The standard InChI is InChI=1S/C18H30N6O/c1-5-7-22(4)18(25)17-13-23-8-6-14(17)9-16(23)12-24-11-15(19-20-24)10-21(2)3/h5,11,14,16-17H,1,6-10,12-13H2,2-4H3/t14-,16-,17+/m1/s1. The number of amides is 1. The second-order valence-electron chi connectivity index (χ2n) is 7.72. The first-order chi connectivity index (χ1) is 12.0. The minimum atomic E-state index is 0.134. The van der Waals surface area contributed by atoms with E-state index in [0.29, 0.717) is 18.5 Å². The van der Waals surface area contributed by atoms with E-state index in [1.165, 1.54) is 0 Å². The lowest BCUT2D eigenvalue weighted by Gasteiger charge is -2.49. The second-order valence-corrected chi connectivity index (χ2v) is 7.72. The lowest BCUT2D eigenvalue weighted by Crippen LogP contribution is -2.58. The van der Waals surface area contributed by atoms with Gasteiger partial charge in [0.1, 0.15) is 0 Å². The number of piperidine rings is 3. The molecule has 1 amide bonds. The first-order valence-electron chi connectivity index (χ1n) is 9.11. The van der Waals surface area contributed by atoms with Crippen molar-refractivity contribution >= 4 is 5.91 Å². The quantitative estimate of drug-likeness (QED) is 0.680. The number of rotatable bonds is 7. The van der Waals surface area contributed by atoms with E-state index in [2.05, 4.69) is 26.7 Å². The van der Waals surface area contributed by atoms with Crippen molar-refractivity contribution in [1.29, 1.82) is 0 Å². The Labute approximate surface area is 150 Å². The summed E-state index contributed by atoms with van der Waals surface area (Å²) in [6.07, 6.45) is 6.03. The van der Waals surface area contributed by atoms with Crippen LogP contribution in [0.2, 0.25) is 0 Å². The number of fused-ring (bicyclic) bond motifs is 3. The summed E-state index contributed by atoms with van der Waals surface area (Å²) in [5.41, 5.74) is 1.00. The van der Waals surface area contributed by atoms with Gasteiger partial charge in [-0.05, 0) is 39.4 Å². The summed E-state index contributed by atoms with van der Waals surface area (Å²) in [4.78, 5) is 19.0. The van der Waals surface area contributed by atoms with Gasteiger partial charge in [-0.15, -0.1) is 11.7 Å². The molecule has 4 atom stereocenters. The van der Waals surface area contributed by atoms with Crippen molar-refractivity contribution in [2.24, 2.45) is 11.8 Å². The molecule has 3 saturated heterocycles. The van der Waals surface area contributed by atoms with Crippen LogP contribution in [0.3, 0.4) is 0 Å². The monoisotopic (exact) mass is 346 g/mol. The number of likely N-dealkylation sites (N-methyl/N-ethyl adjacent to an activating group) is 1. The zero-order valence-electron chi connectivity index (χ0n) is 15.6. The molecule has 1 aromatic heterocycles. The number of hydrogen-bond donors (Lipinski definition) is 0. The zero-order chi connectivity index (χ0) is 18.0. The van der Waals surface area contributed by atoms with Gasteiger partial charge in [0, 0.05) is 38.9 Å². The first-order valence-corrected chi connectivity index (χ1v) is 9.11. The summed E-state index contributed by atoms with van der Waals surface area (Å²) in [5.74, 6) is 0.886. The molecule has 3 aliphatic heterocycles. The molecular formula is C18H30N6O. The van der Waals surface area contributed by atoms with Crippen LogP contribution in [0.15, 0.2) is 18.9 Å². The molecule has 7 heteroatoms. The summed E-state index contributed by atoms with van der Waals surface area (Å²) in [5, 5.41) is 8.53. The van der Waals surface area contributed by atoms with Crippen molar-refractivity contribution in [2.45, 2.75) is 32.0 Å². The predicted octanol–water partition coefficient (Wildman–Crippen LogP) is 0.695. The Kier molecular flexibility index (Phi) is 5.54. The fraction of sp³-hybridized carbons (Fsp3) is 0.722. The van der Waals surface area contributed by atoms with Crippen LogP contribution in [0.1, 0.15) is 18.5 Å². The minimum Gasteiger partial charge on any atom is -0.342 e. The average Bonchev–Trinajstić information content (AvgIpc) is 3.01. The molecule has 2 bridgehead atoms. The second kappa shape index (κ2) is 7.66. The van der Waals surface area contributed by atoms with Crippen LogP contribution in [0.25, 0.3) is 0 Å².